The summed E-state index contributed by atoms with van der Waals surface area (Å²) in [5.41, 5.74) is 6.85. The third-order valence-corrected chi connectivity index (χ3v) is 3.74. The van der Waals surface area contributed by atoms with Gasteiger partial charge in [-0.1, -0.05) is 6.92 Å². The van der Waals surface area contributed by atoms with Crippen LogP contribution < -0.4 is 15.8 Å². The highest BCUT2D eigenvalue weighted by molar-refractivity contribution is 14.0. The number of likely N-dealkylation sites (tertiary alicyclic amines) is 1. The van der Waals surface area contributed by atoms with Gasteiger partial charge < -0.3 is 15.8 Å². The van der Waals surface area contributed by atoms with Crippen LogP contribution in [-0.4, -0.2) is 43.6 Å². The standard InChI is InChI=1S/C15H24N4O.HI/c1-3-19-10-4-5-13(19)11-17-15(16)18-12-6-8-14(20-2)9-7-12;/h6-9,13H,3-5,10-11H2,1-2H3,(H3,16,17,18);1H. The van der Waals surface area contributed by atoms with Crippen molar-refractivity contribution in [3.63, 3.8) is 0 Å². The Labute approximate surface area is 144 Å². The van der Waals surface area contributed by atoms with Gasteiger partial charge >= 0.3 is 0 Å². The summed E-state index contributed by atoms with van der Waals surface area (Å²) >= 11 is 0. The van der Waals surface area contributed by atoms with Crippen molar-refractivity contribution in [3.8, 4) is 5.75 Å². The molecule has 1 unspecified atom stereocenters. The molecule has 3 N–H and O–H groups in total. The lowest BCUT2D eigenvalue weighted by Gasteiger charge is -2.20. The molecular weight excluding hydrogens is 379 g/mol. The molecule has 1 aromatic carbocycles. The Hall–Kier alpha value is -1.02. The zero-order valence-electron chi connectivity index (χ0n) is 12.7. The molecule has 0 spiro atoms. The van der Waals surface area contributed by atoms with Crippen LogP contribution in [0.15, 0.2) is 29.3 Å². The lowest BCUT2D eigenvalue weighted by Crippen LogP contribution is -2.33. The number of hydrogen-bond acceptors (Lipinski definition) is 3. The summed E-state index contributed by atoms with van der Waals surface area (Å²) in [6, 6.07) is 8.18. The van der Waals surface area contributed by atoms with Gasteiger partial charge in [0.2, 0.25) is 0 Å². The third-order valence-electron chi connectivity index (χ3n) is 3.74. The summed E-state index contributed by atoms with van der Waals surface area (Å²) in [6.45, 7) is 5.23. The van der Waals surface area contributed by atoms with Gasteiger partial charge in [0.25, 0.3) is 0 Å². The Bertz CT molecular complexity index is 449. The maximum absolute atomic E-state index is 5.93. The van der Waals surface area contributed by atoms with Gasteiger partial charge in [-0.05, 0) is 50.2 Å². The number of nitrogens with one attached hydrogen (secondary N) is 1. The van der Waals surface area contributed by atoms with Gasteiger partial charge in [-0.3, -0.25) is 9.89 Å². The minimum atomic E-state index is 0. The molecule has 0 saturated carbocycles. The van der Waals surface area contributed by atoms with Crippen LogP contribution in [0.5, 0.6) is 5.75 Å². The minimum Gasteiger partial charge on any atom is -0.497 e. The maximum Gasteiger partial charge on any atom is 0.193 e. The molecule has 0 aliphatic carbocycles. The number of nitrogens with two attached hydrogens (primary N) is 1. The number of hydrogen-bond donors (Lipinski definition) is 2. The van der Waals surface area contributed by atoms with Crippen LogP contribution in [-0.2, 0) is 0 Å². The number of nitrogens with zero attached hydrogens (tertiary/aromatic N) is 2. The van der Waals surface area contributed by atoms with Gasteiger partial charge in [-0.25, -0.2) is 0 Å². The van der Waals surface area contributed by atoms with Crippen molar-refractivity contribution in [2.75, 3.05) is 32.1 Å². The summed E-state index contributed by atoms with van der Waals surface area (Å²) in [4.78, 5) is 6.92. The molecule has 0 amide bonds. The number of likely N-dealkylation sites (N-methyl/N-ethyl adjacent to an activating group) is 1. The van der Waals surface area contributed by atoms with E-state index in [-0.39, 0.29) is 24.0 Å². The van der Waals surface area contributed by atoms with Crippen LogP contribution in [0.1, 0.15) is 19.8 Å². The molecule has 5 nitrogen and oxygen atoms in total. The monoisotopic (exact) mass is 404 g/mol. The zero-order valence-corrected chi connectivity index (χ0v) is 15.0. The van der Waals surface area contributed by atoms with Crippen molar-refractivity contribution >= 4 is 35.6 Å². The van der Waals surface area contributed by atoms with Crippen molar-refractivity contribution in [1.29, 1.82) is 0 Å². The SMILES string of the molecule is CCN1CCCC1CN=C(N)Nc1ccc(OC)cc1.I. The predicted molar refractivity (Wildman–Crippen MR) is 98.8 cm³/mol. The number of methoxy groups -OCH3 is 1. The van der Waals surface area contributed by atoms with E-state index in [1.54, 1.807) is 7.11 Å². The smallest absolute Gasteiger partial charge is 0.193 e. The fourth-order valence-electron chi connectivity index (χ4n) is 2.58. The number of halogens is 1. The molecule has 2 rings (SSSR count). The van der Waals surface area contributed by atoms with E-state index in [2.05, 4.69) is 22.1 Å². The average Bonchev–Trinajstić information content (AvgIpc) is 2.93. The van der Waals surface area contributed by atoms with Crippen LogP contribution >= 0.6 is 24.0 Å². The lowest BCUT2D eigenvalue weighted by atomic mass is 10.2. The van der Waals surface area contributed by atoms with E-state index in [1.807, 2.05) is 24.3 Å². The first-order valence-corrected chi connectivity index (χ1v) is 7.18. The van der Waals surface area contributed by atoms with E-state index < -0.39 is 0 Å². The number of rotatable bonds is 5. The molecule has 1 aliphatic heterocycles. The van der Waals surface area contributed by atoms with E-state index in [0.717, 1.165) is 24.5 Å². The van der Waals surface area contributed by atoms with E-state index in [0.29, 0.717) is 12.0 Å². The molecule has 1 fully saturated rings. The second-order valence-corrected chi connectivity index (χ2v) is 5.00. The largest absolute Gasteiger partial charge is 0.497 e. The van der Waals surface area contributed by atoms with Crippen LogP contribution in [0, 0.1) is 0 Å². The Morgan fingerprint density at radius 3 is 2.76 bits per heavy atom. The van der Waals surface area contributed by atoms with Crippen LogP contribution in [0.3, 0.4) is 0 Å². The average molecular weight is 404 g/mol. The van der Waals surface area contributed by atoms with Crippen LogP contribution in [0.4, 0.5) is 5.69 Å². The van der Waals surface area contributed by atoms with E-state index in [9.17, 15) is 0 Å². The Morgan fingerprint density at radius 2 is 2.14 bits per heavy atom. The highest BCUT2D eigenvalue weighted by Crippen LogP contribution is 2.17. The summed E-state index contributed by atoms with van der Waals surface area (Å²) in [7, 11) is 1.65. The van der Waals surface area contributed by atoms with Crippen molar-refractivity contribution in [2.24, 2.45) is 10.7 Å². The topological polar surface area (TPSA) is 62.9 Å². The fraction of sp³-hybridized carbons (Fsp3) is 0.533. The molecule has 0 aromatic heterocycles. The van der Waals surface area contributed by atoms with Gasteiger partial charge in [-0.2, -0.15) is 0 Å². The number of guanidine groups is 1. The summed E-state index contributed by atoms with van der Waals surface area (Å²) in [5, 5.41) is 3.10. The first kappa shape index (κ1) is 18.0. The third kappa shape index (κ3) is 5.35. The summed E-state index contributed by atoms with van der Waals surface area (Å²) in [5.74, 6) is 1.30. The van der Waals surface area contributed by atoms with Gasteiger partial charge in [0.1, 0.15) is 5.75 Å². The van der Waals surface area contributed by atoms with E-state index in [4.69, 9.17) is 10.5 Å². The molecule has 118 valence electrons. The fourth-order valence-corrected chi connectivity index (χ4v) is 2.58. The molecular formula is C15H25IN4O. The molecule has 1 aromatic rings. The summed E-state index contributed by atoms with van der Waals surface area (Å²) in [6.07, 6.45) is 2.48. The highest BCUT2D eigenvalue weighted by atomic mass is 127. The van der Waals surface area contributed by atoms with Gasteiger partial charge in [0.15, 0.2) is 5.96 Å². The second kappa shape index (κ2) is 9.09. The van der Waals surface area contributed by atoms with Crippen LogP contribution in [0.25, 0.3) is 0 Å². The molecule has 21 heavy (non-hydrogen) atoms. The lowest BCUT2D eigenvalue weighted by molar-refractivity contribution is 0.273. The Morgan fingerprint density at radius 1 is 1.43 bits per heavy atom. The zero-order chi connectivity index (χ0) is 14.4. The Kier molecular flexibility index (Phi) is 7.81. The maximum atomic E-state index is 5.93. The van der Waals surface area contributed by atoms with Gasteiger partial charge in [0, 0.05) is 11.7 Å². The number of aliphatic imine (C=N–C) groups is 1. The van der Waals surface area contributed by atoms with Crippen molar-refractivity contribution in [3.05, 3.63) is 24.3 Å². The molecule has 0 bridgehead atoms. The summed E-state index contributed by atoms with van der Waals surface area (Å²) < 4.78 is 5.12. The van der Waals surface area contributed by atoms with E-state index >= 15 is 0 Å². The number of ether oxygens (including phenoxy) is 1. The first-order valence-electron chi connectivity index (χ1n) is 7.18. The molecule has 1 saturated heterocycles. The van der Waals surface area contributed by atoms with Crippen molar-refractivity contribution < 1.29 is 4.74 Å². The normalized spacial score (nSPS) is 19.1. The highest BCUT2D eigenvalue weighted by Gasteiger charge is 2.22. The minimum absolute atomic E-state index is 0. The van der Waals surface area contributed by atoms with E-state index in [1.165, 1.54) is 19.4 Å². The molecule has 1 atom stereocenters. The first-order chi connectivity index (χ1) is 9.72. The van der Waals surface area contributed by atoms with Gasteiger partial charge in [-0.15, -0.1) is 24.0 Å². The molecule has 1 heterocycles. The molecule has 0 radical (unpaired) electrons. The van der Waals surface area contributed by atoms with Crippen molar-refractivity contribution in [1.82, 2.24) is 4.90 Å². The second-order valence-electron chi connectivity index (χ2n) is 5.00. The van der Waals surface area contributed by atoms with Crippen molar-refractivity contribution in [2.45, 2.75) is 25.8 Å². The quantitative estimate of drug-likeness (QED) is 0.450. The Balaban J connectivity index is 0.00000220. The van der Waals surface area contributed by atoms with Gasteiger partial charge in [0.05, 0.1) is 13.7 Å². The predicted octanol–water partition coefficient (Wildman–Crippen LogP) is 2.52. The molecule has 6 heteroatoms. The molecule has 1 aliphatic rings. The van der Waals surface area contributed by atoms with Crippen LogP contribution in [0.2, 0.25) is 0 Å². The number of benzene rings is 1. The number of anilines is 1.